The minimum Gasteiger partial charge on any atom is -0.365 e. The molecule has 0 amide bonds. The fourth-order valence-corrected chi connectivity index (χ4v) is 2.21. The first-order chi connectivity index (χ1) is 7.85. The van der Waals surface area contributed by atoms with Crippen molar-refractivity contribution < 1.29 is 0 Å². The van der Waals surface area contributed by atoms with Gasteiger partial charge in [0.15, 0.2) is 11.5 Å². The van der Waals surface area contributed by atoms with Gasteiger partial charge in [0.1, 0.15) is 6.07 Å². The van der Waals surface area contributed by atoms with Crippen LogP contribution in [0.2, 0.25) is 0 Å². The van der Waals surface area contributed by atoms with Crippen LogP contribution < -0.4 is 11.1 Å². The van der Waals surface area contributed by atoms with Crippen molar-refractivity contribution in [3.8, 4) is 6.07 Å². The fraction of sp³-hybridized carbons (Fsp3) is 0.545. The molecule has 16 heavy (non-hydrogen) atoms. The molecule has 0 radical (unpaired) electrons. The van der Waals surface area contributed by atoms with Crippen LogP contribution in [0, 0.1) is 17.2 Å². The van der Waals surface area contributed by atoms with Crippen molar-refractivity contribution in [3.63, 3.8) is 0 Å². The number of nitrogens with zero attached hydrogens (tertiary/aromatic N) is 3. The second-order valence-electron chi connectivity index (χ2n) is 4.04. The Morgan fingerprint density at radius 2 is 2.25 bits per heavy atom. The number of hydrogen-bond donors (Lipinski definition) is 2. The summed E-state index contributed by atoms with van der Waals surface area (Å²) in [5.74, 6) is 1.06. The van der Waals surface area contributed by atoms with Gasteiger partial charge in [0.05, 0.1) is 0 Å². The van der Waals surface area contributed by atoms with Crippen LogP contribution in [0.25, 0.3) is 0 Å². The van der Waals surface area contributed by atoms with Crippen molar-refractivity contribution in [2.45, 2.75) is 25.3 Å². The zero-order chi connectivity index (χ0) is 11.4. The Hall–Kier alpha value is -1.67. The number of aromatic nitrogens is 2. The Kier molecular flexibility index (Phi) is 3.32. The van der Waals surface area contributed by atoms with Gasteiger partial charge >= 0.3 is 0 Å². The van der Waals surface area contributed by atoms with E-state index >= 15 is 0 Å². The molecule has 1 fully saturated rings. The molecule has 1 aliphatic rings. The van der Waals surface area contributed by atoms with Gasteiger partial charge in [-0.1, -0.05) is 6.42 Å². The van der Waals surface area contributed by atoms with E-state index in [9.17, 15) is 0 Å². The number of nitrogens with two attached hydrogens (primary N) is 1. The molecule has 2 rings (SSSR count). The van der Waals surface area contributed by atoms with Crippen molar-refractivity contribution in [1.29, 1.82) is 5.26 Å². The van der Waals surface area contributed by atoms with Crippen LogP contribution in [0.15, 0.2) is 12.4 Å². The third-order valence-electron chi connectivity index (χ3n) is 3.09. The predicted octanol–water partition coefficient (Wildman–Crippen LogP) is 0.888. The maximum Gasteiger partial charge on any atom is 0.182 e. The molecular formula is C11H15N5. The van der Waals surface area contributed by atoms with Gasteiger partial charge in [0.2, 0.25) is 0 Å². The fourth-order valence-electron chi connectivity index (χ4n) is 2.21. The standard InChI is InChI=1S/C11H15N5/c12-6-8-2-1-3-9(8)16-11-10(7-13)14-4-5-15-11/h4-5,8-9H,1-3,6,12H2,(H,15,16). The second kappa shape index (κ2) is 4.90. The lowest BCUT2D eigenvalue weighted by atomic mass is 10.0. The lowest BCUT2D eigenvalue weighted by molar-refractivity contribution is 0.515. The van der Waals surface area contributed by atoms with Crippen molar-refractivity contribution >= 4 is 5.82 Å². The highest BCUT2D eigenvalue weighted by Crippen LogP contribution is 2.27. The highest BCUT2D eigenvalue weighted by atomic mass is 15.0. The van der Waals surface area contributed by atoms with Gasteiger partial charge in [0, 0.05) is 18.4 Å². The average Bonchev–Trinajstić information content (AvgIpc) is 2.77. The van der Waals surface area contributed by atoms with E-state index in [0.29, 0.717) is 30.0 Å². The molecule has 5 heteroatoms. The van der Waals surface area contributed by atoms with Crippen LogP contribution in [0.3, 0.4) is 0 Å². The zero-order valence-electron chi connectivity index (χ0n) is 9.06. The molecule has 3 N–H and O–H groups in total. The van der Waals surface area contributed by atoms with E-state index in [1.165, 1.54) is 12.6 Å². The molecule has 0 aromatic carbocycles. The molecule has 1 heterocycles. The Morgan fingerprint density at radius 3 is 3.00 bits per heavy atom. The molecule has 0 aliphatic heterocycles. The molecule has 1 saturated carbocycles. The van der Waals surface area contributed by atoms with Crippen LogP contribution in [0.4, 0.5) is 5.82 Å². The third kappa shape index (κ3) is 2.12. The molecule has 1 aromatic rings. The molecule has 5 nitrogen and oxygen atoms in total. The lowest BCUT2D eigenvalue weighted by Gasteiger charge is -2.20. The number of nitrogens with one attached hydrogen (secondary N) is 1. The predicted molar refractivity (Wildman–Crippen MR) is 60.6 cm³/mol. The molecule has 1 aromatic heterocycles. The maximum atomic E-state index is 8.90. The summed E-state index contributed by atoms with van der Waals surface area (Å²) in [6.45, 7) is 0.680. The number of anilines is 1. The Bertz CT molecular complexity index is 398. The molecule has 1 aliphatic carbocycles. The summed E-state index contributed by atoms with van der Waals surface area (Å²) < 4.78 is 0. The topological polar surface area (TPSA) is 87.6 Å². The maximum absolute atomic E-state index is 8.90. The van der Waals surface area contributed by atoms with E-state index in [1.54, 1.807) is 6.20 Å². The first-order valence-corrected chi connectivity index (χ1v) is 5.53. The van der Waals surface area contributed by atoms with E-state index in [4.69, 9.17) is 11.0 Å². The molecule has 0 spiro atoms. The van der Waals surface area contributed by atoms with Crippen molar-refractivity contribution in [2.24, 2.45) is 11.7 Å². The summed E-state index contributed by atoms with van der Waals surface area (Å²) in [5, 5.41) is 12.2. The molecule has 2 unspecified atom stereocenters. The monoisotopic (exact) mass is 217 g/mol. The van der Waals surface area contributed by atoms with Crippen LogP contribution in [0.5, 0.6) is 0 Å². The van der Waals surface area contributed by atoms with Gasteiger partial charge in [-0.15, -0.1) is 0 Å². The Balaban J connectivity index is 2.12. The van der Waals surface area contributed by atoms with Crippen molar-refractivity contribution in [2.75, 3.05) is 11.9 Å². The number of rotatable bonds is 3. The van der Waals surface area contributed by atoms with Gasteiger partial charge in [-0.25, -0.2) is 9.97 Å². The summed E-state index contributed by atoms with van der Waals surface area (Å²) >= 11 is 0. The van der Waals surface area contributed by atoms with Gasteiger partial charge in [-0.3, -0.25) is 0 Å². The van der Waals surface area contributed by atoms with E-state index in [1.807, 2.05) is 6.07 Å². The molecule has 0 bridgehead atoms. The molecule has 2 atom stereocenters. The normalized spacial score (nSPS) is 24.0. The summed E-state index contributed by atoms with van der Waals surface area (Å²) in [4.78, 5) is 8.12. The van der Waals surface area contributed by atoms with E-state index in [-0.39, 0.29) is 0 Å². The first kappa shape index (κ1) is 10.8. The van der Waals surface area contributed by atoms with E-state index in [2.05, 4.69) is 15.3 Å². The summed E-state index contributed by atoms with van der Waals surface area (Å²) in [7, 11) is 0. The van der Waals surface area contributed by atoms with Gasteiger partial charge in [-0.05, 0) is 25.3 Å². The van der Waals surface area contributed by atoms with Gasteiger partial charge < -0.3 is 11.1 Å². The Morgan fingerprint density at radius 1 is 1.44 bits per heavy atom. The summed E-state index contributed by atoms with van der Waals surface area (Å²) in [5.41, 5.74) is 6.06. The number of hydrogen-bond acceptors (Lipinski definition) is 5. The quantitative estimate of drug-likeness (QED) is 0.785. The second-order valence-corrected chi connectivity index (χ2v) is 4.04. The van der Waals surface area contributed by atoms with Crippen LogP contribution >= 0.6 is 0 Å². The molecule has 0 saturated heterocycles. The average molecular weight is 217 g/mol. The summed E-state index contributed by atoms with van der Waals surface area (Å²) in [6.07, 6.45) is 6.54. The Labute approximate surface area is 94.7 Å². The lowest BCUT2D eigenvalue weighted by Crippen LogP contribution is -2.30. The van der Waals surface area contributed by atoms with Crippen LogP contribution in [-0.2, 0) is 0 Å². The van der Waals surface area contributed by atoms with E-state index in [0.717, 1.165) is 12.8 Å². The highest BCUT2D eigenvalue weighted by molar-refractivity contribution is 5.47. The van der Waals surface area contributed by atoms with Crippen LogP contribution in [-0.4, -0.2) is 22.6 Å². The minimum absolute atomic E-state index is 0.328. The van der Waals surface area contributed by atoms with Crippen LogP contribution in [0.1, 0.15) is 25.0 Å². The minimum atomic E-state index is 0.328. The number of nitriles is 1. The van der Waals surface area contributed by atoms with Crippen molar-refractivity contribution in [1.82, 2.24) is 9.97 Å². The first-order valence-electron chi connectivity index (χ1n) is 5.53. The van der Waals surface area contributed by atoms with E-state index < -0.39 is 0 Å². The SMILES string of the molecule is N#Cc1nccnc1NC1CCCC1CN. The van der Waals surface area contributed by atoms with Crippen molar-refractivity contribution in [3.05, 3.63) is 18.1 Å². The third-order valence-corrected chi connectivity index (χ3v) is 3.09. The zero-order valence-corrected chi connectivity index (χ0v) is 9.06. The highest BCUT2D eigenvalue weighted by Gasteiger charge is 2.26. The largest absolute Gasteiger partial charge is 0.365 e. The molecular weight excluding hydrogens is 202 g/mol. The van der Waals surface area contributed by atoms with Gasteiger partial charge in [-0.2, -0.15) is 5.26 Å². The summed E-state index contributed by atoms with van der Waals surface area (Å²) in [6, 6.07) is 2.36. The molecule has 84 valence electrons. The van der Waals surface area contributed by atoms with Gasteiger partial charge in [0.25, 0.3) is 0 Å². The smallest absolute Gasteiger partial charge is 0.182 e.